The molecule has 0 N–H and O–H groups in total. The van der Waals surface area contributed by atoms with E-state index >= 15 is 0 Å². The molecule has 0 atom stereocenters. The molecule has 0 aromatic heterocycles. The van der Waals surface area contributed by atoms with Gasteiger partial charge in [0.1, 0.15) is 0 Å². The van der Waals surface area contributed by atoms with Crippen LogP contribution in [0.5, 0.6) is 0 Å². The maximum atomic E-state index is 2.43. The van der Waals surface area contributed by atoms with E-state index < -0.39 is 8.07 Å². The van der Waals surface area contributed by atoms with Crippen molar-refractivity contribution in [2.75, 3.05) is 0 Å². The Bertz CT molecular complexity index is 97.8. The predicted molar refractivity (Wildman–Crippen MR) is 52.0 cm³/mol. The van der Waals surface area contributed by atoms with Gasteiger partial charge >= 0.3 is 0 Å². The highest BCUT2D eigenvalue weighted by Gasteiger charge is 2.05. The van der Waals surface area contributed by atoms with Gasteiger partial charge in [-0.1, -0.05) is 51.2 Å². The first-order valence-electron chi connectivity index (χ1n) is 4.24. The summed E-state index contributed by atoms with van der Waals surface area (Å²) in [5.74, 6) is 0. The first-order valence-corrected chi connectivity index (χ1v) is 7.81. The van der Waals surface area contributed by atoms with E-state index in [1.54, 1.807) is 0 Å². The molecule has 1 heteroatoms. The smallest absolute Gasteiger partial charge is 0.0682 e. The van der Waals surface area contributed by atoms with Gasteiger partial charge in [0.15, 0.2) is 0 Å². The summed E-state index contributed by atoms with van der Waals surface area (Å²) in [4.78, 5) is 0. The molecule has 0 unspecified atom stereocenters. The van der Waals surface area contributed by atoms with E-state index in [9.17, 15) is 0 Å². The minimum atomic E-state index is -0.888. The molecule has 0 amide bonds. The lowest BCUT2D eigenvalue weighted by molar-refractivity contribution is 0.815. The summed E-state index contributed by atoms with van der Waals surface area (Å²) in [5, 5.41) is 0. The van der Waals surface area contributed by atoms with E-state index in [0.29, 0.717) is 0 Å². The molecule has 60 valence electrons. The molecule has 0 aliphatic carbocycles. The topological polar surface area (TPSA) is 0 Å². The number of hydrogen-bond acceptors (Lipinski definition) is 0. The largest absolute Gasteiger partial charge is 0.0989 e. The molecule has 0 fully saturated rings. The quantitative estimate of drug-likeness (QED) is 0.431. The van der Waals surface area contributed by atoms with Gasteiger partial charge in [-0.3, -0.25) is 0 Å². The molecule has 0 heterocycles. The Morgan fingerprint density at radius 3 is 2.20 bits per heavy atom. The third-order valence-electron chi connectivity index (χ3n) is 1.34. The van der Waals surface area contributed by atoms with Crippen molar-refractivity contribution in [2.24, 2.45) is 0 Å². The highest BCUT2D eigenvalue weighted by molar-refractivity contribution is 6.80. The van der Waals surface area contributed by atoms with Crippen molar-refractivity contribution >= 4 is 8.07 Å². The first-order chi connectivity index (χ1) is 4.56. The van der Waals surface area contributed by atoms with E-state index in [2.05, 4.69) is 38.3 Å². The summed E-state index contributed by atoms with van der Waals surface area (Å²) in [6, 6.07) is 0. The van der Waals surface area contributed by atoms with E-state index in [1.807, 2.05) is 0 Å². The molecule has 0 saturated carbocycles. The average molecular weight is 156 g/mol. The minimum absolute atomic E-state index is 0.888. The summed E-state index contributed by atoms with van der Waals surface area (Å²) in [6.07, 6.45) is 6.30. The minimum Gasteiger partial charge on any atom is -0.0989 e. The van der Waals surface area contributed by atoms with Gasteiger partial charge in [-0.15, -0.1) is 0 Å². The zero-order valence-corrected chi connectivity index (χ0v) is 8.78. The Hall–Kier alpha value is -0.0431. The Kier molecular flexibility index (Phi) is 4.70. The zero-order valence-electron chi connectivity index (χ0n) is 7.78. The van der Waals surface area contributed by atoms with Crippen LogP contribution in [0.3, 0.4) is 0 Å². The fourth-order valence-corrected chi connectivity index (χ4v) is 1.63. The molecule has 0 spiro atoms. The van der Waals surface area contributed by atoms with Crippen LogP contribution in [0.2, 0.25) is 19.6 Å². The van der Waals surface area contributed by atoms with Crippen LogP contribution in [0, 0.1) is 0 Å². The van der Waals surface area contributed by atoms with Gasteiger partial charge in [0.25, 0.3) is 0 Å². The van der Waals surface area contributed by atoms with Crippen LogP contribution in [0.15, 0.2) is 11.8 Å². The summed E-state index contributed by atoms with van der Waals surface area (Å²) in [6.45, 7) is 9.35. The first kappa shape index (κ1) is 9.96. The van der Waals surface area contributed by atoms with Crippen LogP contribution < -0.4 is 0 Å². The second-order valence-corrected chi connectivity index (χ2v) is 8.98. The molecule has 0 aromatic carbocycles. The lowest BCUT2D eigenvalue weighted by Gasteiger charge is -2.07. The van der Waals surface area contributed by atoms with Gasteiger partial charge in [0.05, 0.1) is 8.07 Å². The molecule has 0 nitrogen and oxygen atoms in total. The van der Waals surface area contributed by atoms with Crippen molar-refractivity contribution < 1.29 is 0 Å². The highest BCUT2D eigenvalue weighted by atomic mass is 28.3. The molecule has 10 heavy (non-hydrogen) atoms. The Labute approximate surface area is 66.4 Å². The van der Waals surface area contributed by atoms with Crippen LogP contribution in [0.1, 0.15) is 26.2 Å². The van der Waals surface area contributed by atoms with Crippen LogP contribution >= 0.6 is 0 Å². The molecular formula is C9H20Si. The Morgan fingerprint density at radius 1 is 1.20 bits per heavy atom. The van der Waals surface area contributed by atoms with Crippen LogP contribution in [0.4, 0.5) is 0 Å². The van der Waals surface area contributed by atoms with Gasteiger partial charge in [0.2, 0.25) is 0 Å². The standard InChI is InChI=1S/C9H20Si/c1-5-6-7-8-9-10(2,3)4/h8-9H,5-7H2,1-4H3/b9-8-. The van der Waals surface area contributed by atoms with E-state index in [0.717, 1.165) is 0 Å². The lowest BCUT2D eigenvalue weighted by Crippen LogP contribution is -2.15. The van der Waals surface area contributed by atoms with Gasteiger partial charge in [-0.25, -0.2) is 0 Å². The maximum absolute atomic E-state index is 2.43. The molecule has 0 aromatic rings. The van der Waals surface area contributed by atoms with Gasteiger partial charge < -0.3 is 0 Å². The van der Waals surface area contributed by atoms with Crippen molar-refractivity contribution in [1.82, 2.24) is 0 Å². The molecule has 0 saturated heterocycles. The third-order valence-corrected chi connectivity index (χ3v) is 2.58. The number of unbranched alkanes of at least 4 members (excludes halogenated alkanes) is 2. The molecule has 0 aliphatic rings. The average Bonchev–Trinajstić information content (AvgIpc) is 1.78. The van der Waals surface area contributed by atoms with Crippen molar-refractivity contribution in [2.45, 2.75) is 45.8 Å². The van der Waals surface area contributed by atoms with Crippen molar-refractivity contribution in [3.63, 3.8) is 0 Å². The SMILES string of the molecule is CCCC/C=C\[Si](C)(C)C. The Balaban J connectivity index is 3.37. The number of hydrogen-bond donors (Lipinski definition) is 0. The zero-order chi connectivity index (χ0) is 8.04. The van der Waals surface area contributed by atoms with Gasteiger partial charge in [-0.2, -0.15) is 0 Å². The van der Waals surface area contributed by atoms with Crippen LogP contribution in [0.25, 0.3) is 0 Å². The lowest BCUT2D eigenvalue weighted by atomic mass is 10.2. The van der Waals surface area contributed by atoms with Gasteiger partial charge in [-0.05, 0) is 6.42 Å². The second kappa shape index (κ2) is 4.72. The fraction of sp³-hybridized carbons (Fsp3) is 0.778. The molecule has 0 radical (unpaired) electrons. The second-order valence-electron chi connectivity index (χ2n) is 3.91. The van der Waals surface area contributed by atoms with Crippen molar-refractivity contribution in [1.29, 1.82) is 0 Å². The summed E-state index contributed by atoms with van der Waals surface area (Å²) < 4.78 is 0. The molecule has 0 bridgehead atoms. The molecule has 0 rings (SSSR count). The normalized spacial score (nSPS) is 12.8. The van der Waals surface area contributed by atoms with Crippen LogP contribution in [-0.4, -0.2) is 8.07 Å². The van der Waals surface area contributed by atoms with E-state index in [-0.39, 0.29) is 0 Å². The number of rotatable bonds is 4. The molecular weight excluding hydrogens is 136 g/mol. The summed E-state index contributed by atoms with van der Waals surface area (Å²) in [7, 11) is -0.888. The molecule has 0 aliphatic heterocycles. The highest BCUT2D eigenvalue weighted by Crippen LogP contribution is 2.04. The van der Waals surface area contributed by atoms with Crippen molar-refractivity contribution in [3.8, 4) is 0 Å². The summed E-state index contributed by atoms with van der Waals surface area (Å²) >= 11 is 0. The predicted octanol–water partition coefficient (Wildman–Crippen LogP) is 3.61. The number of allylic oxidation sites excluding steroid dienone is 1. The monoisotopic (exact) mass is 156 g/mol. The summed E-state index contributed by atoms with van der Waals surface area (Å²) in [5.41, 5.74) is 2.43. The van der Waals surface area contributed by atoms with E-state index in [1.165, 1.54) is 19.3 Å². The van der Waals surface area contributed by atoms with Crippen molar-refractivity contribution in [3.05, 3.63) is 11.8 Å². The maximum Gasteiger partial charge on any atom is 0.0682 e. The van der Waals surface area contributed by atoms with E-state index in [4.69, 9.17) is 0 Å². The van der Waals surface area contributed by atoms with Crippen LogP contribution in [-0.2, 0) is 0 Å². The third kappa shape index (κ3) is 7.96. The van der Waals surface area contributed by atoms with Gasteiger partial charge in [0, 0.05) is 0 Å². The fourth-order valence-electron chi connectivity index (χ4n) is 0.759. The Morgan fingerprint density at radius 2 is 1.80 bits per heavy atom.